The van der Waals surface area contributed by atoms with Gasteiger partial charge in [-0.1, -0.05) is 6.07 Å². The van der Waals surface area contributed by atoms with Crippen LogP contribution in [0.2, 0.25) is 0 Å². The van der Waals surface area contributed by atoms with Crippen molar-refractivity contribution in [3.8, 4) is 11.5 Å². The average Bonchev–Trinajstić information content (AvgIpc) is 2.74. The smallest absolute Gasteiger partial charge is 0.329 e. The van der Waals surface area contributed by atoms with Crippen molar-refractivity contribution in [2.24, 2.45) is 5.10 Å². The summed E-state index contributed by atoms with van der Waals surface area (Å²) in [4.78, 5) is 35.6. The van der Waals surface area contributed by atoms with Crippen molar-refractivity contribution in [1.82, 2.24) is 10.7 Å². The maximum Gasteiger partial charge on any atom is 0.329 e. The van der Waals surface area contributed by atoms with Crippen LogP contribution in [-0.2, 0) is 14.4 Å². The van der Waals surface area contributed by atoms with Crippen molar-refractivity contribution in [3.05, 3.63) is 51.5 Å². The standard InChI is InChI=1S/C23H27BrN4O5/c1-13(2)26-22(30)23(31)28-25-11-16-9-18(24)21(19(10-16)32-5)33-12-20(29)27-17-7-6-14(3)15(4)8-17/h6-11,13H,12H2,1-5H3,(H,26,30)(H,27,29)(H,28,31)/b25-11-. The number of hydrogen-bond acceptors (Lipinski definition) is 6. The number of halogens is 1. The molecule has 2 rings (SSSR count). The van der Waals surface area contributed by atoms with Crippen molar-refractivity contribution < 1.29 is 23.9 Å². The molecule has 0 atom stereocenters. The second-order valence-corrected chi connectivity index (χ2v) is 8.35. The third kappa shape index (κ3) is 7.90. The normalized spacial score (nSPS) is 10.8. The SMILES string of the molecule is COc1cc(/C=N\NC(=O)C(=O)NC(C)C)cc(Br)c1OCC(=O)Nc1ccc(C)c(C)c1. The van der Waals surface area contributed by atoms with Gasteiger partial charge in [0.15, 0.2) is 18.1 Å². The molecule has 0 spiro atoms. The van der Waals surface area contributed by atoms with E-state index in [1.807, 2.05) is 32.0 Å². The topological polar surface area (TPSA) is 118 Å². The van der Waals surface area contributed by atoms with Crippen molar-refractivity contribution >= 4 is 45.6 Å². The number of carbonyl (C=O) groups is 3. The molecule has 0 aliphatic heterocycles. The number of rotatable bonds is 8. The number of amides is 3. The molecule has 0 heterocycles. The van der Waals surface area contributed by atoms with E-state index >= 15 is 0 Å². The number of methoxy groups -OCH3 is 1. The zero-order valence-corrected chi connectivity index (χ0v) is 20.7. The lowest BCUT2D eigenvalue weighted by Crippen LogP contribution is -2.41. The first kappa shape index (κ1) is 25.9. The first-order valence-corrected chi connectivity index (χ1v) is 10.9. The summed E-state index contributed by atoms with van der Waals surface area (Å²) in [5, 5.41) is 9.05. The molecule has 0 aliphatic carbocycles. The van der Waals surface area contributed by atoms with Gasteiger partial charge >= 0.3 is 11.8 Å². The van der Waals surface area contributed by atoms with Crippen LogP contribution in [0.4, 0.5) is 5.69 Å². The lowest BCUT2D eigenvalue weighted by atomic mass is 10.1. The highest BCUT2D eigenvalue weighted by atomic mass is 79.9. The Bertz CT molecular complexity index is 1070. The van der Waals surface area contributed by atoms with E-state index < -0.39 is 11.8 Å². The average molecular weight is 519 g/mol. The van der Waals surface area contributed by atoms with Gasteiger partial charge in [0.1, 0.15) is 0 Å². The summed E-state index contributed by atoms with van der Waals surface area (Å²) in [5.41, 5.74) is 5.62. The van der Waals surface area contributed by atoms with E-state index in [-0.39, 0.29) is 18.6 Å². The van der Waals surface area contributed by atoms with Gasteiger partial charge < -0.3 is 20.1 Å². The van der Waals surface area contributed by atoms with E-state index in [0.717, 1.165) is 11.1 Å². The molecule has 3 amide bonds. The van der Waals surface area contributed by atoms with Crippen LogP contribution in [0.3, 0.4) is 0 Å². The van der Waals surface area contributed by atoms with Crippen molar-refractivity contribution in [2.45, 2.75) is 33.7 Å². The van der Waals surface area contributed by atoms with Crippen molar-refractivity contribution in [3.63, 3.8) is 0 Å². The lowest BCUT2D eigenvalue weighted by molar-refractivity contribution is -0.139. The zero-order chi connectivity index (χ0) is 24.5. The van der Waals surface area contributed by atoms with E-state index in [4.69, 9.17) is 9.47 Å². The van der Waals surface area contributed by atoms with Crippen molar-refractivity contribution in [1.29, 1.82) is 0 Å². The van der Waals surface area contributed by atoms with E-state index in [9.17, 15) is 14.4 Å². The second kappa shape index (κ2) is 12.0. The van der Waals surface area contributed by atoms with Gasteiger partial charge in [-0.3, -0.25) is 14.4 Å². The Morgan fingerprint density at radius 3 is 2.45 bits per heavy atom. The van der Waals surface area contributed by atoms with Gasteiger partial charge in [0.25, 0.3) is 5.91 Å². The highest BCUT2D eigenvalue weighted by Crippen LogP contribution is 2.36. The monoisotopic (exact) mass is 518 g/mol. The van der Waals surface area contributed by atoms with Crippen LogP contribution in [0, 0.1) is 13.8 Å². The largest absolute Gasteiger partial charge is 0.493 e. The Balaban J connectivity index is 2.01. The van der Waals surface area contributed by atoms with Crippen LogP contribution in [0.25, 0.3) is 0 Å². The molecule has 9 nitrogen and oxygen atoms in total. The molecule has 0 fully saturated rings. The third-order valence-electron chi connectivity index (χ3n) is 4.40. The van der Waals surface area contributed by atoms with E-state index in [0.29, 0.717) is 27.2 Å². The molecule has 2 aromatic carbocycles. The molecule has 0 bridgehead atoms. The Labute approximate surface area is 201 Å². The second-order valence-electron chi connectivity index (χ2n) is 7.50. The molecule has 2 aromatic rings. The molecule has 3 N–H and O–H groups in total. The maximum atomic E-state index is 12.3. The minimum absolute atomic E-state index is 0.164. The molecule has 0 saturated carbocycles. The number of nitrogens with one attached hydrogen (secondary N) is 3. The molecule has 0 saturated heterocycles. The van der Waals surface area contributed by atoms with Crippen molar-refractivity contribution in [2.75, 3.05) is 19.0 Å². The number of benzene rings is 2. The van der Waals surface area contributed by atoms with Crippen LogP contribution in [0.5, 0.6) is 11.5 Å². The molecular formula is C23H27BrN4O5. The Kier molecular flexibility index (Phi) is 9.41. The summed E-state index contributed by atoms with van der Waals surface area (Å²) in [6.45, 7) is 7.24. The summed E-state index contributed by atoms with van der Waals surface area (Å²) in [6.07, 6.45) is 1.35. The van der Waals surface area contributed by atoms with E-state index in [1.165, 1.54) is 13.3 Å². The lowest BCUT2D eigenvalue weighted by Gasteiger charge is -2.14. The van der Waals surface area contributed by atoms with Gasteiger partial charge in [-0.15, -0.1) is 0 Å². The van der Waals surface area contributed by atoms with Gasteiger partial charge in [-0.2, -0.15) is 5.10 Å². The minimum atomic E-state index is -0.874. The first-order valence-electron chi connectivity index (χ1n) is 10.1. The molecule has 0 radical (unpaired) electrons. The molecule has 10 heteroatoms. The number of nitrogens with zero attached hydrogens (tertiary/aromatic N) is 1. The summed E-state index contributed by atoms with van der Waals surface area (Å²) in [5.74, 6) is -1.27. The van der Waals surface area contributed by atoms with Crippen LogP contribution in [0.15, 0.2) is 39.9 Å². The third-order valence-corrected chi connectivity index (χ3v) is 4.98. The molecule has 176 valence electrons. The highest BCUT2D eigenvalue weighted by molar-refractivity contribution is 9.10. The van der Waals surface area contributed by atoms with Gasteiger partial charge in [0.2, 0.25) is 0 Å². The Hall–Kier alpha value is -3.40. The predicted molar refractivity (Wildman–Crippen MR) is 130 cm³/mol. The molecule has 33 heavy (non-hydrogen) atoms. The summed E-state index contributed by atoms with van der Waals surface area (Å²) in [6, 6.07) is 8.78. The van der Waals surface area contributed by atoms with Gasteiger partial charge in [-0.25, -0.2) is 5.43 Å². The summed E-state index contributed by atoms with van der Waals surface area (Å²) >= 11 is 3.39. The van der Waals surface area contributed by atoms with Crippen LogP contribution in [-0.4, -0.2) is 43.7 Å². The number of aryl methyl sites for hydroxylation is 2. The first-order chi connectivity index (χ1) is 15.6. The van der Waals surface area contributed by atoms with Gasteiger partial charge in [-0.05, 0) is 84.6 Å². The molecule has 0 aromatic heterocycles. The molecular weight excluding hydrogens is 492 g/mol. The number of hydrogen-bond donors (Lipinski definition) is 3. The molecule has 0 unspecified atom stereocenters. The van der Waals surface area contributed by atoms with Gasteiger partial charge in [0.05, 0.1) is 17.8 Å². The predicted octanol–water partition coefficient (Wildman–Crippen LogP) is 3.07. The van der Waals surface area contributed by atoms with Crippen LogP contribution in [0.1, 0.15) is 30.5 Å². The number of carbonyl (C=O) groups excluding carboxylic acids is 3. The zero-order valence-electron chi connectivity index (χ0n) is 19.1. The quantitative estimate of drug-likeness (QED) is 0.282. The van der Waals surface area contributed by atoms with Crippen LogP contribution < -0.4 is 25.5 Å². The summed E-state index contributed by atoms with van der Waals surface area (Å²) in [7, 11) is 1.46. The number of hydrazone groups is 1. The van der Waals surface area contributed by atoms with E-state index in [1.54, 1.807) is 26.0 Å². The fraction of sp³-hybridized carbons (Fsp3) is 0.304. The highest BCUT2D eigenvalue weighted by Gasteiger charge is 2.15. The van der Waals surface area contributed by atoms with E-state index in [2.05, 4.69) is 37.1 Å². The Morgan fingerprint density at radius 2 is 1.82 bits per heavy atom. The fourth-order valence-electron chi connectivity index (χ4n) is 2.65. The maximum absolute atomic E-state index is 12.3. The number of anilines is 1. The minimum Gasteiger partial charge on any atom is -0.493 e. The Morgan fingerprint density at radius 1 is 1.09 bits per heavy atom. The molecule has 0 aliphatic rings. The summed E-state index contributed by atoms with van der Waals surface area (Å²) < 4.78 is 11.5. The fourth-order valence-corrected chi connectivity index (χ4v) is 3.23. The number of ether oxygens (including phenoxy) is 2. The van der Waals surface area contributed by atoms with Crippen LogP contribution >= 0.6 is 15.9 Å². The van der Waals surface area contributed by atoms with Gasteiger partial charge in [0, 0.05) is 11.7 Å².